The fourth-order valence-electron chi connectivity index (χ4n) is 3.42. The Hall–Kier alpha value is -2.98. The zero-order chi connectivity index (χ0) is 23.5. The Bertz CT molecular complexity index is 1080. The number of ether oxygens (including phenoxy) is 2. The van der Waals surface area contributed by atoms with Gasteiger partial charge in [-0.05, 0) is 63.2 Å². The SMILES string of the molecule is CC1CN(C(=O)C(C)OC(=O)c2cccc(S(=O)(=O)Nc3ccc(F)cc3)c2)CC(C)O1. The van der Waals surface area contributed by atoms with Crippen LogP contribution in [0.25, 0.3) is 0 Å². The van der Waals surface area contributed by atoms with E-state index in [1.165, 1.54) is 37.3 Å². The Labute approximate surface area is 186 Å². The fraction of sp³-hybridized carbons (Fsp3) is 0.364. The first-order chi connectivity index (χ1) is 15.0. The molecule has 0 saturated carbocycles. The highest BCUT2D eigenvalue weighted by atomic mass is 32.2. The van der Waals surface area contributed by atoms with Crippen molar-refractivity contribution >= 4 is 27.6 Å². The highest BCUT2D eigenvalue weighted by Gasteiger charge is 2.30. The monoisotopic (exact) mass is 464 g/mol. The summed E-state index contributed by atoms with van der Waals surface area (Å²) >= 11 is 0. The maximum absolute atomic E-state index is 13.0. The molecule has 1 N–H and O–H groups in total. The van der Waals surface area contributed by atoms with E-state index in [0.717, 1.165) is 18.2 Å². The molecule has 8 nitrogen and oxygen atoms in total. The highest BCUT2D eigenvalue weighted by Crippen LogP contribution is 2.19. The first-order valence-corrected chi connectivity index (χ1v) is 11.6. The summed E-state index contributed by atoms with van der Waals surface area (Å²) in [7, 11) is -4.03. The van der Waals surface area contributed by atoms with Gasteiger partial charge in [0.05, 0.1) is 22.7 Å². The van der Waals surface area contributed by atoms with Gasteiger partial charge in [0, 0.05) is 18.8 Å². The van der Waals surface area contributed by atoms with E-state index in [9.17, 15) is 22.4 Å². The molecular formula is C22H25FN2O6S. The van der Waals surface area contributed by atoms with Crippen molar-refractivity contribution in [2.24, 2.45) is 0 Å². The maximum Gasteiger partial charge on any atom is 0.338 e. The van der Waals surface area contributed by atoms with Crippen molar-refractivity contribution < 1.29 is 31.9 Å². The molecule has 0 aliphatic carbocycles. The van der Waals surface area contributed by atoms with Gasteiger partial charge in [0.25, 0.3) is 15.9 Å². The van der Waals surface area contributed by atoms with Crippen LogP contribution in [0, 0.1) is 5.82 Å². The third-order valence-corrected chi connectivity index (χ3v) is 6.22. The molecule has 3 unspecified atom stereocenters. The van der Waals surface area contributed by atoms with Gasteiger partial charge >= 0.3 is 5.97 Å². The number of nitrogens with zero attached hydrogens (tertiary/aromatic N) is 1. The molecule has 3 rings (SSSR count). The van der Waals surface area contributed by atoms with Crippen molar-refractivity contribution in [3.8, 4) is 0 Å². The molecule has 1 aliphatic rings. The second kappa shape index (κ2) is 9.66. The number of carbonyl (C=O) groups is 2. The predicted molar refractivity (Wildman–Crippen MR) is 115 cm³/mol. The average Bonchev–Trinajstić information content (AvgIpc) is 2.74. The largest absolute Gasteiger partial charge is 0.449 e. The molecule has 0 spiro atoms. The van der Waals surface area contributed by atoms with Crippen molar-refractivity contribution in [3.63, 3.8) is 0 Å². The van der Waals surface area contributed by atoms with E-state index in [1.54, 1.807) is 4.90 Å². The molecule has 1 fully saturated rings. The molecule has 2 aromatic carbocycles. The van der Waals surface area contributed by atoms with E-state index in [-0.39, 0.29) is 34.3 Å². The Morgan fingerprint density at radius 3 is 2.38 bits per heavy atom. The number of carbonyl (C=O) groups excluding carboxylic acids is 2. The second-order valence-electron chi connectivity index (χ2n) is 7.69. The maximum atomic E-state index is 13.0. The van der Waals surface area contributed by atoms with Crippen LogP contribution >= 0.6 is 0 Å². The van der Waals surface area contributed by atoms with Crippen LogP contribution in [0.4, 0.5) is 10.1 Å². The number of amides is 1. The van der Waals surface area contributed by atoms with Crippen LogP contribution in [-0.2, 0) is 24.3 Å². The number of hydrogen-bond acceptors (Lipinski definition) is 6. The van der Waals surface area contributed by atoms with E-state index in [0.29, 0.717) is 13.1 Å². The van der Waals surface area contributed by atoms with Crippen LogP contribution in [-0.4, -0.2) is 56.6 Å². The van der Waals surface area contributed by atoms with E-state index in [2.05, 4.69) is 4.72 Å². The smallest absolute Gasteiger partial charge is 0.338 e. The Morgan fingerprint density at radius 1 is 1.12 bits per heavy atom. The summed E-state index contributed by atoms with van der Waals surface area (Å²) < 4.78 is 51.5. The molecule has 1 amide bonds. The fourth-order valence-corrected chi connectivity index (χ4v) is 4.52. The third-order valence-electron chi connectivity index (χ3n) is 4.84. The lowest BCUT2D eigenvalue weighted by Crippen LogP contribution is -2.51. The number of hydrogen-bond donors (Lipinski definition) is 1. The quantitative estimate of drug-likeness (QED) is 0.660. The Balaban J connectivity index is 1.69. The van der Waals surface area contributed by atoms with Crippen LogP contribution in [0.2, 0.25) is 0 Å². The van der Waals surface area contributed by atoms with Crippen LogP contribution in [0.15, 0.2) is 53.4 Å². The zero-order valence-electron chi connectivity index (χ0n) is 17.9. The molecule has 0 radical (unpaired) electrons. The van der Waals surface area contributed by atoms with Crippen LogP contribution in [0.1, 0.15) is 31.1 Å². The Kier molecular flexibility index (Phi) is 7.15. The van der Waals surface area contributed by atoms with E-state index < -0.39 is 27.9 Å². The van der Waals surface area contributed by atoms with E-state index in [4.69, 9.17) is 9.47 Å². The lowest BCUT2D eigenvalue weighted by Gasteiger charge is -2.36. The summed E-state index contributed by atoms with van der Waals surface area (Å²) in [5.74, 6) is -1.66. The molecular weight excluding hydrogens is 439 g/mol. The van der Waals surface area contributed by atoms with Gasteiger partial charge in [-0.2, -0.15) is 0 Å². The molecule has 3 atom stereocenters. The average molecular weight is 465 g/mol. The van der Waals surface area contributed by atoms with Crippen molar-refractivity contribution in [3.05, 3.63) is 59.9 Å². The molecule has 1 saturated heterocycles. The van der Waals surface area contributed by atoms with Crippen molar-refractivity contribution in [2.45, 2.75) is 44.0 Å². The number of morpholine rings is 1. The van der Waals surface area contributed by atoms with Gasteiger partial charge in [0.1, 0.15) is 5.82 Å². The number of benzene rings is 2. The molecule has 172 valence electrons. The normalized spacial score (nSPS) is 19.8. The number of anilines is 1. The molecule has 1 aliphatic heterocycles. The van der Waals surface area contributed by atoms with Gasteiger partial charge in [-0.1, -0.05) is 6.07 Å². The van der Waals surface area contributed by atoms with Gasteiger partial charge in [0.15, 0.2) is 6.10 Å². The van der Waals surface area contributed by atoms with Crippen LogP contribution < -0.4 is 4.72 Å². The first kappa shape index (κ1) is 23.7. The van der Waals surface area contributed by atoms with Crippen molar-refractivity contribution in [1.29, 1.82) is 0 Å². The summed E-state index contributed by atoms with van der Waals surface area (Å²) in [6, 6.07) is 10.1. The molecule has 10 heteroatoms. The minimum atomic E-state index is -4.03. The summed E-state index contributed by atoms with van der Waals surface area (Å²) in [5.41, 5.74) is 0.155. The molecule has 32 heavy (non-hydrogen) atoms. The molecule has 0 bridgehead atoms. The number of nitrogens with one attached hydrogen (secondary N) is 1. The lowest BCUT2D eigenvalue weighted by molar-refractivity contribution is -0.151. The van der Waals surface area contributed by atoms with Gasteiger partial charge < -0.3 is 14.4 Å². The van der Waals surface area contributed by atoms with Crippen molar-refractivity contribution in [2.75, 3.05) is 17.8 Å². The van der Waals surface area contributed by atoms with Gasteiger partial charge in [-0.15, -0.1) is 0 Å². The van der Waals surface area contributed by atoms with Gasteiger partial charge in [0.2, 0.25) is 0 Å². The molecule has 1 heterocycles. The molecule has 0 aromatic heterocycles. The standard InChI is InChI=1S/C22H25FN2O6S/c1-14-12-25(13-15(2)30-14)21(26)16(3)31-22(27)17-5-4-6-20(11-17)32(28,29)24-19-9-7-18(23)8-10-19/h4-11,14-16,24H,12-13H2,1-3H3. The number of sulfonamides is 1. The number of esters is 1. The summed E-state index contributed by atoms with van der Waals surface area (Å²) in [5, 5.41) is 0. The van der Waals surface area contributed by atoms with Crippen molar-refractivity contribution in [1.82, 2.24) is 4.90 Å². The van der Waals surface area contributed by atoms with E-state index >= 15 is 0 Å². The minimum absolute atomic E-state index is 0.0182. The lowest BCUT2D eigenvalue weighted by atomic mass is 10.2. The topological polar surface area (TPSA) is 102 Å². The third kappa shape index (κ3) is 5.83. The minimum Gasteiger partial charge on any atom is -0.449 e. The van der Waals surface area contributed by atoms with Gasteiger partial charge in [-0.25, -0.2) is 17.6 Å². The van der Waals surface area contributed by atoms with Crippen LogP contribution in [0.3, 0.4) is 0 Å². The van der Waals surface area contributed by atoms with E-state index in [1.807, 2.05) is 13.8 Å². The first-order valence-electron chi connectivity index (χ1n) is 10.1. The van der Waals surface area contributed by atoms with Gasteiger partial charge in [-0.3, -0.25) is 9.52 Å². The number of rotatable bonds is 6. The summed E-state index contributed by atoms with van der Waals surface area (Å²) in [6.45, 7) is 5.99. The zero-order valence-corrected chi connectivity index (χ0v) is 18.8. The summed E-state index contributed by atoms with van der Waals surface area (Å²) in [6.07, 6.45) is -1.29. The second-order valence-corrected chi connectivity index (χ2v) is 9.37. The molecule has 2 aromatic rings. The highest BCUT2D eigenvalue weighted by molar-refractivity contribution is 7.92. The summed E-state index contributed by atoms with van der Waals surface area (Å²) in [4.78, 5) is 26.7. The number of halogens is 1. The Morgan fingerprint density at radius 2 is 1.75 bits per heavy atom. The predicted octanol–water partition coefficient (Wildman–Crippen LogP) is 2.81. The van der Waals surface area contributed by atoms with Crippen LogP contribution in [0.5, 0.6) is 0 Å².